The van der Waals surface area contributed by atoms with Crippen molar-refractivity contribution < 1.29 is 23.5 Å². The molecule has 0 aromatic heterocycles. The van der Waals surface area contributed by atoms with Gasteiger partial charge in [0.05, 0.1) is 12.8 Å². The van der Waals surface area contributed by atoms with E-state index in [2.05, 4.69) is 10.6 Å². The third-order valence-electron chi connectivity index (χ3n) is 5.12. The molecule has 172 valence electrons. The first-order valence-electron chi connectivity index (χ1n) is 10.2. The molecule has 7 nitrogen and oxygen atoms in total. The van der Waals surface area contributed by atoms with Gasteiger partial charge in [-0.05, 0) is 73.2 Å². The van der Waals surface area contributed by atoms with Crippen molar-refractivity contribution >= 4 is 46.4 Å². The fourth-order valence-corrected chi connectivity index (χ4v) is 3.60. The molecule has 0 unspecified atom stereocenters. The van der Waals surface area contributed by atoms with E-state index in [0.29, 0.717) is 28.4 Å². The Kier molecular flexibility index (Phi) is 6.34. The molecule has 1 heterocycles. The molecule has 0 saturated heterocycles. The number of ether oxygens (including phenoxy) is 1. The highest BCUT2D eigenvalue weighted by Crippen LogP contribution is 2.36. The van der Waals surface area contributed by atoms with Crippen LogP contribution >= 0.6 is 11.6 Å². The lowest BCUT2D eigenvalue weighted by molar-refractivity contribution is -0.120. The van der Waals surface area contributed by atoms with Crippen molar-refractivity contribution in [3.8, 4) is 5.75 Å². The van der Waals surface area contributed by atoms with Crippen molar-refractivity contribution in [2.24, 2.45) is 0 Å². The Bertz CT molecular complexity index is 1320. The molecule has 0 fully saturated rings. The molecule has 34 heavy (non-hydrogen) atoms. The minimum Gasteiger partial charge on any atom is -0.495 e. The Morgan fingerprint density at radius 3 is 2.24 bits per heavy atom. The number of anilines is 3. The second kappa shape index (κ2) is 9.36. The van der Waals surface area contributed by atoms with Crippen LogP contribution in [-0.4, -0.2) is 24.8 Å². The van der Waals surface area contributed by atoms with E-state index in [1.165, 1.54) is 43.5 Å². The van der Waals surface area contributed by atoms with Crippen LogP contribution in [0.1, 0.15) is 15.9 Å². The Labute approximate surface area is 199 Å². The van der Waals surface area contributed by atoms with Crippen molar-refractivity contribution in [2.45, 2.75) is 6.92 Å². The van der Waals surface area contributed by atoms with E-state index in [1.807, 2.05) is 6.92 Å². The number of amides is 3. The van der Waals surface area contributed by atoms with Crippen LogP contribution in [0.25, 0.3) is 0 Å². The average molecular weight is 480 g/mol. The van der Waals surface area contributed by atoms with Crippen molar-refractivity contribution in [1.29, 1.82) is 0 Å². The summed E-state index contributed by atoms with van der Waals surface area (Å²) >= 11 is 6.21. The molecule has 3 aromatic rings. The molecule has 2 N–H and O–H groups in total. The summed E-state index contributed by atoms with van der Waals surface area (Å²) in [5.74, 6) is -1.74. The van der Waals surface area contributed by atoms with E-state index in [4.69, 9.17) is 16.3 Å². The van der Waals surface area contributed by atoms with Gasteiger partial charge in [-0.1, -0.05) is 17.7 Å². The predicted octanol–water partition coefficient (Wildman–Crippen LogP) is 4.83. The number of halogens is 2. The van der Waals surface area contributed by atoms with Crippen LogP contribution in [0.4, 0.5) is 21.5 Å². The van der Waals surface area contributed by atoms with E-state index < -0.39 is 17.6 Å². The lowest BCUT2D eigenvalue weighted by Crippen LogP contribution is -2.32. The van der Waals surface area contributed by atoms with Gasteiger partial charge in [-0.15, -0.1) is 0 Å². The Morgan fingerprint density at radius 2 is 1.59 bits per heavy atom. The summed E-state index contributed by atoms with van der Waals surface area (Å²) in [6.45, 7) is 1.83. The normalized spacial score (nSPS) is 13.4. The average Bonchev–Trinajstić information content (AvgIpc) is 3.04. The number of nitrogens with one attached hydrogen (secondary N) is 2. The number of nitrogens with zero attached hydrogens (tertiary/aromatic N) is 1. The Hall–Kier alpha value is -4.17. The molecule has 1 aliphatic rings. The van der Waals surface area contributed by atoms with Gasteiger partial charge in [0.25, 0.3) is 17.7 Å². The Balaban J connectivity index is 1.51. The quantitative estimate of drug-likeness (QED) is 0.494. The van der Waals surface area contributed by atoms with Crippen molar-refractivity contribution in [3.63, 3.8) is 0 Å². The molecule has 0 saturated carbocycles. The summed E-state index contributed by atoms with van der Waals surface area (Å²) in [7, 11) is 1.45. The number of methoxy groups -OCH3 is 1. The minimum atomic E-state index is -0.673. The van der Waals surface area contributed by atoms with Crippen LogP contribution in [-0.2, 0) is 9.59 Å². The van der Waals surface area contributed by atoms with Crippen LogP contribution in [0, 0.1) is 12.7 Å². The van der Waals surface area contributed by atoms with Crippen LogP contribution in [0.3, 0.4) is 0 Å². The van der Waals surface area contributed by atoms with Gasteiger partial charge in [0, 0.05) is 16.9 Å². The number of aryl methyl sites for hydroxylation is 1. The molecule has 0 atom stereocenters. The molecule has 0 radical (unpaired) electrons. The maximum atomic E-state index is 13.1. The van der Waals surface area contributed by atoms with Gasteiger partial charge in [-0.2, -0.15) is 0 Å². The van der Waals surface area contributed by atoms with E-state index in [0.717, 1.165) is 10.5 Å². The smallest absolute Gasteiger partial charge is 0.283 e. The summed E-state index contributed by atoms with van der Waals surface area (Å²) < 4.78 is 18.3. The molecule has 0 spiro atoms. The SMILES string of the molecule is COc1ccc(C)cc1N1C(=O)C(Cl)=C(Nc2ccc(C(=O)Nc3ccc(F)cc3)cc2)C1=O. The van der Waals surface area contributed by atoms with Crippen LogP contribution in [0.5, 0.6) is 5.75 Å². The number of imide groups is 1. The largest absolute Gasteiger partial charge is 0.495 e. The van der Waals surface area contributed by atoms with Crippen LogP contribution < -0.4 is 20.3 Å². The first-order valence-corrected chi connectivity index (χ1v) is 10.5. The van der Waals surface area contributed by atoms with E-state index in [9.17, 15) is 18.8 Å². The lowest BCUT2D eigenvalue weighted by atomic mass is 10.1. The highest BCUT2D eigenvalue weighted by Gasteiger charge is 2.40. The monoisotopic (exact) mass is 479 g/mol. The molecule has 1 aliphatic heterocycles. The van der Waals surface area contributed by atoms with E-state index >= 15 is 0 Å². The Morgan fingerprint density at radius 1 is 0.941 bits per heavy atom. The first kappa shape index (κ1) is 23.0. The van der Waals surface area contributed by atoms with Crippen molar-refractivity contribution in [1.82, 2.24) is 0 Å². The van der Waals surface area contributed by atoms with Gasteiger partial charge in [0.2, 0.25) is 0 Å². The van der Waals surface area contributed by atoms with Gasteiger partial charge in [-0.3, -0.25) is 14.4 Å². The molecule has 0 aliphatic carbocycles. The van der Waals surface area contributed by atoms with Crippen LogP contribution in [0.2, 0.25) is 0 Å². The van der Waals surface area contributed by atoms with Gasteiger partial charge in [0.1, 0.15) is 22.3 Å². The fraction of sp³-hybridized carbons (Fsp3) is 0.0800. The lowest BCUT2D eigenvalue weighted by Gasteiger charge is -2.18. The summed E-state index contributed by atoms with van der Waals surface area (Å²) in [4.78, 5) is 39.2. The minimum absolute atomic E-state index is 0.0845. The first-order chi connectivity index (χ1) is 16.3. The summed E-state index contributed by atoms with van der Waals surface area (Å²) in [6, 6.07) is 16.8. The molecule has 3 amide bonds. The number of hydrogen-bond donors (Lipinski definition) is 2. The maximum Gasteiger partial charge on any atom is 0.283 e. The molecule has 3 aromatic carbocycles. The van der Waals surface area contributed by atoms with Gasteiger partial charge in [0.15, 0.2) is 0 Å². The highest BCUT2D eigenvalue weighted by atomic mass is 35.5. The summed E-state index contributed by atoms with van der Waals surface area (Å²) in [5, 5.41) is 5.27. The fourth-order valence-electron chi connectivity index (χ4n) is 3.39. The highest BCUT2D eigenvalue weighted by molar-refractivity contribution is 6.53. The number of carbonyl (C=O) groups is 3. The number of benzene rings is 3. The van der Waals surface area contributed by atoms with Gasteiger partial charge in [-0.25, -0.2) is 9.29 Å². The summed E-state index contributed by atoms with van der Waals surface area (Å²) in [6.07, 6.45) is 0. The topological polar surface area (TPSA) is 87.7 Å². The zero-order chi connectivity index (χ0) is 24.4. The summed E-state index contributed by atoms with van der Waals surface area (Å²) in [5.41, 5.74) is 2.29. The maximum absolute atomic E-state index is 13.1. The zero-order valence-electron chi connectivity index (χ0n) is 18.2. The molecule has 4 rings (SSSR count). The number of rotatable bonds is 6. The van der Waals surface area contributed by atoms with Crippen molar-refractivity contribution in [2.75, 3.05) is 22.6 Å². The molecule has 0 bridgehead atoms. The second-order valence-corrected chi connectivity index (χ2v) is 7.85. The zero-order valence-corrected chi connectivity index (χ0v) is 18.9. The molecule has 9 heteroatoms. The molecular weight excluding hydrogens is 461 g/mol. The number of hydrogen-bond acceptors (Lipinski definition) is 5. The van der Waals surface area contributed by atoms with Crippen LogP contribution in [0.15, 0.2) is 77.5 Å². The predicted molar refractivity (Wildman–Crippen MR) is 128 cm³/mol. The standard InChI is InChI=1S/C25H19ClFN3O4/c1-14-3-12-20(34-2)19(13-14)30-24(32)21(26)22(25(30)33)28-17-8-4-15(5-9-17)23(31)29-18-10-6-16(27)7-11-18/h3-13,28H,1-2H3,(H,29,31). The molecular formula is C25H19ClFN3O4. The third-order valence-corrected chi connectivity index (χ3v) is 5.47. The third kappa shape index (κ3) is 4.49. The number of carbonyl (C=O) groups excluding carboxylic acids is 3. The van der Waals surface area contributed by atoms with Gasteiger partial charge < -0.3 is 15.4 Å². The van der Waals surface area contributed by atoms with Crippen molar-refractivity contribution in [3.05, 3.63) is 94.4 Å². The van der Waals surface area contributed by atoms with E-state index in [-0.39, 0.29) is 16.6 Å². The van der Waals surface area contributed by atoms with Gasteiger partial charge >= 0.3 is 0 Å². The van der Waals surface area contributed by atoms with E-state index in [1.54, 1.807) is 30.3 Å². The second-order valence-electron chi connectivity index (χ2n) is 7.47.